The lowest BCUT2D eigenvalue weighted by Crippen LogP contribution is -2.20. The lowest BCUT2D eigenvalue weighted by Gasteiger charge is -2.29. The third kappa shape index (κ3) is 4.71. The molecule has 0 spiro atoms. The smallest absolute Gasteiger partial charge is 0.0517 e. The zero-order chi connectivity index (χ0) is 20.2. The summed E-state index contributed by atoms with van der Waals surface area (Å²) in [7, 11) is 2.17. The van der Waals surface area contributed by atoms with Gasteiger partial charge in [0.15, 0.2) is 0 Å². The summed E-state index contributed by atoms with van der Waals surface area (Å²) >= 11 is 0. The van der Waals surface area contributed by atoms with Gasteiger partial charge in [-0.15, -0.1) is 0 Å². The molecule has 0 N–H and O–H groups in total. The highest BCUT2D eigenvalue weighted by Crippen LogP contribution is 2.37. The van der Waals surface area contributed by atoms with Crippen LogP contribution in [-0.2, 0) is 6.42 Å². The van der Waals surface area contributed by atoms with E-state index >= 15 is 0 Å². The van der Waals surface area contributed by atoms with Crippen molar-refractivity contribution in [3.8, 4) is 0 Å². The molecule has 0 heterocycles. The van der Waals surface area contributed by atoms with Crippen LogP contribution in [0.3, 0.4) is 0 Å². The average molecular weight is 362 g/mol. The van der Waals surface area contributed by atoms with E-state index in [0.717, 1.165) is 12.8 Å². The monoisotopic (exact) mass is 361 g/mol. The molecule has 2 aromatic rings. The molecule has 0 aromatic heterocycles. The van der Waals surface area contributed by atoms with Crippen molar-refractivity contribution < 1.29 is 0 Å². The van der Waals surface area contributed by atoms with E-state index in [4.69, 9.17) is 0 Å². The number of anilines is 1. The van der Waals surface area contributed by atoms with Gasteiger partial charge in [0.25, 0.3) is 0 Å². The second-order valence-corrected chi connectivity index (χ2v) is 8.50. The topological polar surface area (TPSA) is 3.24 Å². The number of fused-ring (bicyclic) bond motifs is 1. The first-order valence-electron chi connectivity index (χ1n) is 9.96. The number of hydrogen-bond donors (Lipinski definition) is 0. The normalized spacial score (nSPS) is 13.1. The van der Waals surface area contributed by atoms with Crippen LogP contribution in [-0.4, -0.2) is 7.05 Å². The maximum atomic E-state index is 3.94. The quantitative estimate of drug-likeness (QED) is 0.479. The van der Waals surface area contributed by atoms with Gasteiger partial charge in [-0.1, -0.05) is 76.8 Å². The van der Waals surface area contributed by atoms with Gasteiger partial charge in [0.05, 0.1) is 5.69 Å². The van der Waals surface area contributed by atoms with Gasteiger partial charge in [-0.25, -0.2) is 0 Å². The molecule has 144 valence electrons. The van der Waals surface area contributed by atoms with Gasteiger partial charge >= 0.3 is 0 Å². The number of hydrogen-bond acceptors (Lipinski definition) is 1. The van der Waals surface area contributed by atoms with Crippen LogP contribution in [0.25, 0.3) is 10.8 Å². The van der Waals surface area contributed by atoms with Crippen molar-refractivity contribution in [3.05, 3.63) is 77.5 Å². The van der Waals surface area contributed by atoms with Crippen LogP contribution in [0.5, 0.6) is 0 Å². The molecule has 0 unspecified atom stereocenters. The van der Waals surface area contributed by atoms with Crippen LogP contribution >= 0.6 is 0 Å². The van der Waals surface area contributed by atoms with Crippen LogP contribution in [0.2, 0.25) is 0 Å². The van der Waals surface area contributed by atoms with Gasteiger partial charge in [-0.3, -0.25) is 0 Å². The minimum absolute atomic E-state index is 0.261. The van der Waals surface area contributed by atoms with Crippen molar-refractivity contribution in [1.29, 1.82) is 0 Å². The summed E-state index contributed by atoms with van der Waals surface area (Å²) in [5.74, 6) is 0. The fourth-order valence-corrected chi connectivity index (χ4v) is 3.95. The summed E-state index contributed by atoms with van der Waals surface area (Å²) in [6, 6.07) is 11.2. The summed E-state index contributed by atoms with van der Waals surface area (Å²) in [5.41, 5.74) is 6.84. The molecule has 0 aliphatic rings. The Labute approximate surface area is 166 Å². The SMILES string of the molecule is C=C/C=C(\C(=C/C)CC)N(C)c1c(C)cc(CC(C)(C)C)c2ccccc12. The summed E-state index contributed by atoms with van der Waals surface area (Å²) in [6.45, 7) is 17.4. The molecule has 2 aromatic carbocycles. The number of likely N-dealkylation sites (N-methyl/N-ethyl adjacent to an activating group) is 1. The van der Waals surface area contributed by atoms with E-state index in [9.17, 15) is 0 Å². The first-order chi connectivity index (χ1) is 12.7. The fourth-order valence-electron chi connectivity index (χ4n) is 3.95. The zero-order valence-corrected chi connectivity index (χ0v) is 18.2. The predicted octanol–water partition coefficient (Wildman–Crippen LogP) is 7.60. The van der Waals surface area contributed by atoms with E-state index in [0.29, 0.717) is 0 Å². The van der Waals surface area contributed by atoms with E-state index in [1.165, 1.54) is 38.9 Å². The summed E-state index contributed by atoms with van der Waals surface area (Å²) < 4.78 is 0. The van der Waals surface area contributed by atoms with Gasteiger partial charge in [-0.05, 0) is 60.3 Å². The molecule has 0 atom stereocenters. The maximum Gasteiger partial charge on any atom is 0.0517 e. The molecular weight excluding hydrogens is 326 g/mol. The van der Waals surface area contributed by atoms with Crippen LogP contribution in [0.4, 0.5) is 5.69 Å². The van der Waals surface area contributed by atoms with E-state index in [1.807, 2.05) is 6.08 Å². The number of nitrogens with zero attached hydrogens (tertiary/aromatic N) is 1. The summed E-state index contributed by atoms with van der Waals surface area (Å²) in [5, 5.41) is 2.68. The summed E-state index contributed by atoms with van der Waals surface area (Å²) in [4.78, 5) is 2.33. The minimum Gasteiger partial charge on any atom is -0.344 e. The Kier molecular flexibility index (Phi) is 6.70. The molecule has 1 heteroatoms. The minimum atomic E-state index is 0.261. The molecule has 0 bridgehead atoms. The first kappa shape index (κ1) is 21.0. The van der Waals surface area contributed by atoms with Crippen molar-refractivity contribution >= 4 is 16.5 Å². The lowest BCUT2D eigenvalue weighted by atomic mass is 9.85. The second-order valence-electron chi connectivity index (χ2n) is 8.50. The van der Waals surface area contributed by atoms with Gasteiger partial charge in [0, 0.05) is 18.1 Å². The van der Waals surface area contributed by atoms with Gasteiger partial charge < -0.3 is 4.90 Å². The largest absolute Gasteiger partial charge is 0.344 e. The highest BCUT2D eigenvalue weighted by molar-refractivity contribution is 5.99. The molecule has 0 fully saturated rings. The van der Waals surface area contributed by atoms with Gasteiger partial charge in [-0.2, -0.15) is 0 Å². The second kappa shape index (κ2) is 8.61. The molecule has 0 aliphatic carbocycles. The molecule has 0 amide bonds. The Bertz CT molecular complexity index is 875. The van der Waals surface area contributed by atoms with Crippen molar-refractivity contribution in [2.75, 3.05) is 11.9 Å². The highest BCUT2D eigenvalue weighted by Gasteiger charge is 2.19. The Morgan fingerprint density at radius 3 is 2.30 bits per heavy atom. The summed E-state index contributed by atoms with van der Waals surface area (Å²) in [6.07, 6.45) is 8.28. The number of rotatable bonds is 6. The molecule has 1 nitrogen and oxygen atoms in total. The lowest BCUT2D eigenvalue weighted by molar-refractivity contribution is 0.412. The van der Waals surface area contributed by atoms with Crippen LogP contribution in [0.1, 0.15) is 52.2 Å². The molecule has 0 radical (unpaired) electrons. The van der Waals surface area contributed by atoms with E-state index in [-0.39, 0.29) is 5.41 Å². The Morgan fingerprint density at radius 2 is 1.78 bits per heavy atom. The molecule has 0 saturated heterocycles. The zero-order valence-electron chi connectivity index (χ0n) is 18.2. The predicted molar refractivity (Wildman–Crippen MR) is 123 cm³/mol. The van der Waals surface area contributed by atoms with Crippen LogP contribution in [0.15, 0.2) is 66.4 Å². The average Bonchev–Trinajstić information content (AvgIpc) is 2.60. The molecule has 0 saturated carbocycles. The third-order valence-electron chi connectivity index (χ3n) is 5.04. The van der Waals surface area contributed by atoms with Gasteiger partial charge in [0.1, 0.15) is 0 Å². The van der Waals surface area contributed by atoms with E-state index in [1.54, 1.807) is 0 Å². The Hall–Kier alpha value is -2.28. The Balaban J connectivity index is 2.72. The Morgan fingerprint density at radius 1 is 1.15 bits per heavy atom. The molecule has 27 heavy (non-hydrogen) atoms. The fraction of sp³-hybridized carbons (Fsp3) is 0.385. The number of aryl methyl sites for hydroxylation is 1. The van der Waals surface area contributed by atoms with Crippen LogP contribution < -0.4 is 4.90 Å². The number of benzene rings is 2. The standard InChI is InChI=1S/C26H35N/c1-9-14-24(20(10-2)11-3)27(8)25-19(4)17-21(18-26(5,6)7)22-15-12-13-16-23(22)25/h9-10,12-17H,1,11,18H2,2-8H3/b20-10-,24-14+. The van der Waals surface area contributed by atoms with Crippen molar-refractivity contribution in [3.63, 3.8) is 0 Å². The molecule has 2 rings (SSSR count). The molecular formula is C26H35N. The molecule has 0 aliphatic heterocycles. The van der Waals surface area contributed by atoms with Crippen molar-refractivity contribution in [2.45, 2.75) is 54.4 Å². The van der Waals surface area contributed by atoms with E-state index in [2.05, 4.69) is 103 Å². The van der Waals surface area contributed by atoms with Crippen molar-refractivity contribution in [1.82, 2.24) is 0 Å². The number of allylic oxidation sites excluding steroid dienone is 4. The highest BCUT2D eigenvalue weighted by atomic mass is 15.1. The third-order valence-corrected chi connectivity index (χ3v) is 5.04. The van der Waals surface area contributed by atoms with E-state index < -0.39 is 0 Å². The van der Waals surface area contributed by atoms with Gasteiger partial charge in [0.2, 0.25) is 0 Å². The maximum absolute atomic E-state index is 3.94. The van der Waals surface area contributed by atoms with Crippen molar-refractivity contribution in [2.24, 2.45) is 5.41 Å². The van der Waals surface area contributed by atoms with Crippen LogP contribution in [0, 0.1) is 12.3 Å². The first-order valence-corrected chi connectivity index (χ1v) is 9.96.